The number of ether oxygens (including phenoxy) is 1. The van der Waals surface area contributed by atoms with Crippen LogP contribution in [0.2, 0.25) is 0 Å². The van der Waals surface area contributed by atoms with Gasteiger partial charge in [0.2, 0.25) is 5.91 Å². The first kappa shape index (κ1) is 15.1. The van der Waals surface area contributed by atoms with Crippen molar-refractivity contribution in [2.75, 3.05) is 19.1 Å². The summed E-state index contributed by atoms with van der Waals surface area (Å²) in [6.45, 7) is 3.53. The van der Waals surface area contributed by atoms with Gasteiger partial charge < -0.3 is 9.64 Å². The summed E-state index contributed by atoms with van der Waals surface area (Å²) in [6.07, 6.45) is 0. The highest BCUT2D eigenvalue weighted by Crippen LogP contribution is 2.21. The van der Waals surface area contributed by atoms with Crippen LogP contribution in [0.25, 0.3) is 0 Å². The second kappa shape index (κ2) is 6.31. The fourth-order valence-corrected chi connectivity index (χ4v) is 1.81. The van der Waals surface area contributed by atoms with Crippen molar-refractivity contribution in [3.63, 3.8) is 0 Å². The first-order chi connectivity index (χ1) is 8.88. The molecule has 0 aliphatic heterocycles. The monoisotopic (exact) mass is 267 g/mol. The average Bonchev–Trinajstić information content (AvgIpc) is 2.37. The summed E-state index contributed by atoms with van der Waals surface area (Å²) in [5.41, 5.74) is 0.402. The molecule has 1 aromatic rings. The van der Waals surface area contributed by atoms with Gasteiger partial charge in [0.15, 0.2) is 0 Å². The van der Waals surface area contributed by atoms with E-state index in [1.54, 1.807) is 19.9 Å². The summed E-state index contributed by atoms with van der Waals surface area (Å²) in [5.74, 6) is -2.51. The Bertz CT molecular complexity index is 474. The van der Waals surface area contributed by atoms with Gasteiger partial charge in [0, 0.05) is 12.7 Å². The average molecular weight is 267 g/mol. The highest BCUT2D eigenvalue weighted by Gasteiger charge is 2.33. The van der Waals surface area contributed by atoms with Crippen LogP contribution in [0.1, 0.15) is 13.8 Å². The number of esters is 1. The lowest BCUT2D eigenvalue weighted by Gasteiger charge is -2.24. The third-order valence-electron chi connectivity index (χ3n) is 2.91. The van der Waals surface area contributed by atoms with Crippen molar-refractivity contribution in [2.24, 2.45) is 11.8 Å². The minimum absolute atomic E-state index is 0.198. The molecule has 5 heteroatoms. The maximum Gasteiger partial charge on any atom is 0.318 e. The zero-order chi connectivity index (χ0) is 14.6. The Kier molecular flexibility index (Phi) is 5.03. The van der Waals surface area contributed by atoms with E-state index in [0.29, 0.717) is 5.69 Å². The van der Waals surface area contributed by atoms with Crippen molar-refractivity contribution >= 4 is 17.6 Å². The number of hydrogen-bond donors (Lipinski definition) is 0. The minimum Gasteiger partial charge on any atom is -0.468 e. The number of carbonyl (C=O) groups is 2. The highest BCUT2D eigenvalue weighted by atomic mass is 19.1. The highest BCUT2D eigenvalue weighted by molar-refractivity contribution is 6.06. The number of rotatable bonds is 4. The van der Waals surface area contributed by atoms with E-state index in [1.165, 1.54) is 37.3 Å². The van der Waals surface area contributed by atoms with Crippen LogP contribution in [0.4, 0.5) is 10.1 Å². The smallest absolute Gasteiger partial charge is 0.318 e. The second-order valence-electron chi connectivity index (χ2n) is 4.62. The number of anilines is 1. The minimum atomic E-state index is -0.890. The summed E-state index contributed by atoms with van der Waals surface area (Å²) in [4.78, 5) is 25.2. The van der Waals surface area contributed by atoms with Crippen molar-refractivity contribution < 1.29 is 18.7 Å². The van der Waals surface area contributed by atoms with E-state index >= 15 is 0 Å². The van der Waals surface area contributed by atoms with Gasteiger partial charge in [-0.25, -0.2) is 4.39 Å². The van der Waals surface area contributed by atoms with Gasteiger partial charge in [0.25, 0.3) is 0 Å². The van der Waals surface area contributed by atoms with Crippen LogP contribution in [-0.4, -0.2) is 26.0 Å². The number of nitrogens with zero attached hydrogens (tertiary/aromatic N) is 1. The number of halogens is 1. The molecule has 0 radical (unpaired) electrons. The molecule has 0 saturated carbocycles. The van der Waals surface area contributed by atoms with Crippen LogP contribution in [0, 0.1) is 17.7 Å². The summed E-state index contributed by atoms with van der Waals surface area (Å²) in [7, 11) is 2.75. The van der Waals surface area contributed by atoms with Crippen molar-refractivity contribution in [1.82, 2.24) is 0 Å². The molecule has 104 valence electrons. The van der Waals surface area contributed by atoms with Gasteiger partial charge in [-0.3, -0.25) is 9.59 Å². The van der Waals surface area contributed by atoms with E-state index < -0.39 is 23.6 Å². The molecule has 0 bridgehead atoms. The van der Waals surface area contributed by atoms with Crippen LogP contribution in [0.3, 0.4) is 0 Å². The van der Waals surface area contributed by atoms with Gasteiger partial charge in [0.05, 0.1) is 7.11 Å². The Hall–Kier alpha value is -1.91. The maximum atomic E-state index is 13.1. The molecule has 0 heterocycles. The van der Waals surface area contributed by atoms with E-state index in [2.05, 4.69) is 4.74 Å². The van der Waals surface area contributed by atoms with Crippen molar-refractivity contribution in [2.45, 2.75) is 13.8 Å². The predicted octanol–water partition coefficient (Wildman–Crippen LogP) is 2.23. The largest absolute Gasteiger partial charge is 0.468 e. The van der Waals surface area contributed by atoms with E-state index in [0.717, 1.165) is 0 Å². The molecule has 19 heavy (non-hydrogen) atoms. The van der Waals surface area contributed by atoms with E-state index in [1.807, 2.05) is 0 Å². The molecular formula is C14H18FNO3. The van der Waals surface area contributed by atoms with Gasteiger partial charge in [-0.2, -0.15) is 0 Å². The first-order valence-electron chi connectivity index (χ1n) is 5.99. The molecule has 1 atom stereocenters. The maximum absolute atomic E-state index is 13.1. The summed E-state index contributed by atoms with van der Waals surface area (Å²) in [6, 6.07) is 5.65. The van der Waals surface area contributed by atoms with Crippen molar-refractivity contribution in [3.05, 3.63) is 30.1 Å². The number of carbonyl (C=O) groups excluding carboxylic acids is 2. The van der Waals surface area contributed by atoms with E-state index in [9.17, 15) is 14.0 Å². The van der Waals surface area contributed by atoms with Crippen molar-refractivity contribution in [1.29, 1.82) is 0 Å². The van der Waals surface area contributed by atoms with Gasteiger partial charge in [0.1, 0.15) is 11.7 Å². The van der Waals surface area contributed by atoms with Gasteiger partial charge in [-0.1, -0.05) is 19.9 Å². The molecule has 1 aromatic carbocycles. The van der Waals surface area contributed by atoms with Crippen LogP contribution >= 0.6 is 0 Å². The number of amides is 1. The summed E-state index contributed by atoms with van der Waals surface area (Å²) < 4.78 is 17.8. The molecule has 0 N–H and O–H groups in total. The molecule has 0 aliphatic carbocycles. The molecule has 4 nitrogen and oxygen atoms in total. The van der Waals surface area contributed by atoms with Crippen LogP contribution < -0.4 is 4.90 Å². The Morgan fingerprint density at radius 1 is 1.32 bits per heavy atom. The standard InChI is InChI=1S/C14H18FNO3/c1-9(2)12(14(18)19-4)13(17)16(3)11-7-5-6-10(15)8-11/h5-9,12H,1-4H3. The predicted molar refractivity (Wildman–Crippen MR) is 70.2 cm³/mol. The zero-order valence-electron chi connectivity index (χ0n) is 11.5. The molecule has 0 aromatic heterocycles. The normalized spacial score (nSPS) is 12.1. The zero-order valence-corrected chi connectivity index (χ0v) is 11.5. The molecule has 0 fully saturated rings. The van der Waals surface area contributed by atoms with Crippen LogP contribution in [0.15, 0.2) is 24.3 Å². The Balaban J connectivity index is 3.00. The van der Waals surface area contributed by atoms with Gasteiger partial charge in [-0.05, 0) is 24.1 Å². The fourth-order valence-electron chi connectivity index (χ4n) is 1.81. The summed E-state index contributed by atoms with van der Waals surface area (Å²) in [5, 5.41) is 0. The Morgan fingerprint density at radius 2 is 1.95 bits per heavy atom. The molecule has 1 amide bonds. The lowest BCUT2D eigenvalue weighted by molar-refractivity contribution is -0.151. The number of hydrogen-bond acceptors (Lipinski definition) is 3. The molecule has 0 saturated heterocycles. The quantitative estimate of drug-likeness (QED) is 0.621. The number of benzene rings is 1. The third kappa shape index (κ3) is 3.53. The van der Waals surface area contributed by atoms with Crippen LogP contribution in [0.5, 0.6) is 0 Å². The SMILES string of the molecule is COC(=O)C(C(=O)N(C)c1cccc(F)c1)C(C)C. The van der Waals surface area contributed by atoms with E-state index in [4.69, 9.17) is 0 Å². The first-order valence-corrected chi connectivity index (χ1v) is 5.99. The lowest BCUT2D eigenvalue weighted by atomic mass is 9.94. The van der Waals surface area contributed by atoms with Gasteiger partial charge >= 0.3 is 5.97 Å². The Labute approximate surface area is 112 Å². The van der Waals surface area contributed by atoms with E-state index in [-0.39, 0.29) is 5.92 Å². The fraction of sp³-hybridized carbons (Fsp3) is 0.429. The van der Waals surface area contributed by atoms with Crippen molar-refractivity contribution in [3.8, 4) is 0 Å². The Morgan fingerprint density at radius 3 is 2.42 bits per heavy atom. The molecular weight excluding hydrogens is 249 g/mol. The number of methoxy groups -OCH3 is 1. The topological polar surface area (TPSA) is 46.6 Å². The lowest BCUT2D eigenvalue weighted by Crippen LogP contribution is -2.40. The summed E-state index contributed by atoms with van der Waals surface area (Å²) >= 11 is 0. The molecule has 0 spiro atoms. The third-order valence-corrected chi connectivity index (χ3v) is 2.91. The molecule has 1 unspecified atom stereocenters. The van der Waals surface area contributed by atoms with Crippen LogP contribution in [-0.2, 0) is 14.3 Å². The van der Waals surface area contributed by atoms with Gasteiger partial charge in [-0.15, -0.1) is 0 Å². The molecule has 1 rings (SSSR count). The second-order valence-corrected chi connectivity index (χ2v) is 4.62. The molecule has 0 aliphatic rings.